The number of nitrogens with two attached hydrogens (primary N) is 1. The van der Waals surface area contributed by atoms with Crippen LogP contribution >= 0.6 is 0 Å². The van der Waals surface area contributed by atoms with Gasteiger partial charge >= 0.3 is 12.1 Å². The molecule has 1 fully saturated rings. The zero-order valence-electron chi connectivity index (χ0n) is 10.8. The van der Waals surface area contributed by atoms with Crippen molar-refractivity contribution in [3.05, 3.63) is 29.8 Å². The van der Waals surface area contributed by atoms with E-state index in [1.807, 2.05) is 19.1 Å². The first-order valence-corrected chi connectivity index (χ1v) is 6.28. The van der Waals surface area contributed by atoms with E-state index in [1.165, 1.54) is 0 Å². The molecular formula is C13H18N4O2. The summed E-state index contributed by atoms with van der Waals surface area (Å²) < 4.78 is 0. The summed E-state index contributed by atoms with van der Waals surface area (Å²) in [6, 6.07) is 6.68. The van der Waals surface area contributed by atoms with Crippen molar-refractivity contribution in [2.75, 3.05) is 5.32 Å². The number of carbonyl (C=O) groups is 2. The minimum atomic E-state index is -0.595. The maximum absolute atomic E-state index is 11.6. The number of urea groups is 2. The Morgan fingerprint density at radius 1 is 1.26 bits per heavy atom. The summed E-state index contributed by atoms with van der Waals surface area (Å²) in [6.07, 6.45) is 2.13. The maximum Gasteiger partial charge on any atom is 0.316 e. The second-order valence-electron chi connectivity index (χ2n) is 4.73. The lowest BCUT2D eigenvalue weighted by Gasteiger charge is -2.15. The van der Waals surface area contributed by atoms with E-state index in [0.29, 0.717) is 11.7 Å². The van der Waals surface area contributed by atoms with Crippen molar-refractivity contribution in [3.8, 4) is 0 Å². The number of carbonyl (C=O) groups excluding carboxylic acids is 2. The van der Waals surface area contributed by atoms with Crippen molar-refractivity contribution in [1.82, 2.24) is 10.6 Å². The van der Waals surface area contributed by atoms with Gasteiger partial charge in [-0.2, -0.15) is 0 Å². The average molecular weight is 262 g/mol. The fourth-order valence-corrected chi connectivity index (χ4v) is 1.73. The second kappa shape index (κ2) is 5.60. The standard InChI is InChI=1S/C13H18N4O2/c1-8(15-13(19)17-11-6-7-11)9-2-4-10(5-3-9)16-12(14)18/h2-5,8,11H,6-7H2,1H3,(H3,14,16,18)(H2,15,17,19)/t8-/m1/s1. The molecular weight excluding hydrogens is 244 g/mol. The van der Waals surface area contributed by atoms with Crippen LogP contribution < -0.4 is 21.7 Å². The molecule has 5 N–H and O–H groups in total. The van der Waals surface area contributed by atoms with Gasteiger partial charge in [-0.25, -0.2) is 9.59 Å². The quantitative estimate of drug-likeness (QED) is 0.664. The molecule has 0 bridgehead atoms. The van der Waals surface area contributed by atoms with Gasteiger partial charge in [-0.1, -0.05) is 12.1 Å². The molecule has 6 nitrogen and oxygen atoms in total. The average Bonchev–Trinajstić information content (AvgIpc) is 3.12. The van der Waals surface area contributed by atoms with Gasteiger partial charge in [0.1, 0.15) is 0 Å². The smallest absolute Gasteiger partial charge is 0.316 e. The third-order valence-electron chi connectivity index (χ3n) is 2.94. The highest BCUT2D eigenvalue weighted by atomic mass is 16.2. The molecule has 1 aliphatic carbocycles. The summed E-state index contributed by atoms with van der Waals surface area (Å²) in [5.41, 5.74) is 6.61. The number of benzene rings is 1. The van der Waals surface area contributed by atoms with E-state index in [-0.39, 0.29) is 12.1 Å². The van der Waals surface area contributed by atoms with E-state index in [1.54, 1.807) is 12.1 Å². The van der Waals surface area contributed by atoms with Gasteiger partial charge in [-0.3, -0.25) is 0 Å². The van der Waals surface area contributed by atoms with Crippen LogP contribution in [0.4, 0.5) is 15.3 Å². The monoisotopic (exact) mass is 262 g/mol. The zero-order chi connectivity index (χ0) is 13.8. The van der Waals surface area contributed by atoms with Crippen LogP contribution in [0.3, 0.4) is 0 Å². The lowest BCUT2D eigenvalue weighted by Crippen LogP contribution is -2.38. The molecule has 1 atom stereocenters. The van der Waals surface area contributed by atoms with Gasteiger partial charge in [-0.05, 0) is 37.5 Å². The number of hydrogen-bond acceptors (Lipinski definition) is 2. The highest BCUT2D eigenvalue weighted by molar-refractivity contribution is 5.87. The van der Waals surface area contributed by atoms with Crippen molar-refractivity contribution in [1.29, 1.82) is 0 Å². The van der Waals surface area contributed by atoms with E-state index < -0.39 is 6.03 Å². The van der Waals surface area contributed by atoms with Crippen molar-refractivity contribution in [3.63, 3.8) is 0 Å². The molecule has 0 aliphatic heterocycles. The van der Waals surface area contributed by atoms with Crippen LogP contribution in [0, 0.1) is 0 Å². The SMILES string of the molecule is C[C@@H](NC(=O)NC1CC1)c1ccc(NC(N)=O)cc1. The number of amides is 4. The minimum absolute atomic E-state index is 0.0959. The number of hydrogen-bond donors (Lipinski definition) is 4. The summed E-state index contributed by atoms with van der Waals surface area (Å²) in [5, 5.41) is 8.22. The first-order chi connectivity index (χ1) is 9.04. The van der Waals surface area contributed by atoms with Crippen LogP contribution in [-0.2, 0) is 0 Å². The molecule has 1 aromatic carbocycles. The van der Waals surface area contributed by atoms with E-state index in [9.17, 15) is 9.59 Å². The molecule has 6 heteroatoms. The summed E-state index contributed by atoms with van der Waals surface area (Å²) in [6.45, 7) is 1.91. The summed E-state index contributed by atoms with van der Waals surface area (Å²) in [7, 11) is 0. The van der Waals surface area contributed by atoms with Crippen LogP contribution in [0.1, 0.15) is 31.4 Å². The number of anilines is 1. The van der Waals surface area contributed by atoms with Gasteiger partial charge < -0.3 is 21.7 Å². The van der Waals surface area contributed by atoms with Crippen LogP contribution in [0.5, 0.6) is 0 Å². The Hall–Kier alpha value is -2.24. The van der Waals surface area contributed by atoms with Crippen molar-refractivity contribution < 1.29 is 9.59 Å². The third kappa shape index (κ3) is 4.17. The van der Waals surface area contributed by atoms with Gasteiger partial charge in [0.25, 0.3) is 0 Å². The topological polar surface area (TPSA) is 96.2 Å². The molecule has 19 heavy (non-hydrogen) atoms. The molecule has 1 aliphatic rings. The summed E-state index contributed by atoms with van der Waals surface area (Å²) in [4.78, 5) is 22.3. The Morgan fingerprint density at radius 3 is 2.42 bits per heavy atom. The van der Waals surface area contributed by atoms with Gasteiger partial charge in [0, 0.05) is 11.7 Å². The summed E-state index contributed by atoms with van der Waals surface area (Å²) in [5.74, 6) is 0. The van der Waals surface area contributed by atoms with Gasteiger partial charge in [-0.15, -0.1) is 0 Å². The molecule has 0 saturated heterocycles. The number of rotatable bonds is 4. The fourth-order valence-electron chi connectivity index (χ4n) is 1.73. The zero-order valence-corrected chi connectivity index (χ0v) is 10.8. The Balaban J connectivity index is 1.88. The second-order valence-corrected chi connectivity index (χ2v) is 4.73. The predicted molar refractivity (Wildman–Crippen MR) is 72.8 cm³/mol. The highest BCUT2D eigenvalue weighted by Crippen LogP contribution is 2.19. The van der Waals surface area contributed by atoms with Gasteiger partial charge in [0.15, 0.2) is 0 Å². The first-order valence-electron chi connectivity index (χ1n) is 6.28. The highest BCUT2D eigenvalue weighted by Gasteiger charge is 2.23. The normalized spacial score (nSPS) is 15.4. The predicted octanol–water partition coefficient (Wildman–Crippen LogP) is 1.70. The third-order valence-corrected chi connectivity index (χ3v) is 2.94. The van der Waals surface area contributed by atoms with Crippen molar-refractivity contribution in [2.45, 2.75) is 31.8 Å². The van der Waals surface area contributed by atoms with E-state index in [2.05, 4.69) is 16.0 Å². The van der Waals surface area contributed by atoms with Gasteiger partial charge in [0.2, 0.25) is 0 Å². The first kappa shape index (κ1) is 13.2. The Kier molecular flexibility index (Phi) is 3.89. The minimum Gasteiger partial charge on any atom is -0.351 e. The lowest BCUT2D eigenvalue weighted by atomic mass is 10.1. The van der Waals surface area contributed by atoms with E-state index in [4.69, 9.17) is 5.73 Å². The van der Waals surface area contributed by atoms with Gasteiger partial charge in [0.05, 0.1) is 6.04 Å². The summed E-state index contributed by atoms with van der Waals surface area (Å²) >= 11 is 0. The molecule has 2 rings (SSSR count). The van der Waals surface area contributed by atoms with E-state index in [0.717, 1.165) is 18.4 Å². The Bertz CT molecular complexity index is 468. The largest absolute Gasteiger partial charge is 0.351 e. The molecule has 1 saturated carbocycles. The van der Waals surface area contributed by atoms with Crippen LogP contribution in [0.2, 0.25) is 0 Å². The molecule has 0 unspecified atom stereocenters. The fraction of sp³-hybridized carbons (Fsp3) is 0.385. The van der Waals surface area contributed by atoms with Crippen molar-refractivity contribution >= 4 is 17.7 Å². The lowest BCUT2D eigenvalue weighted by molar-refractivity contribution is 0.237. The molecule has 102 valence electrons. The number of nitrogens with one attached hydrogen (secondary N) is 3. The van der Waals surface area contributed by atoms with E-state index >= 15 is 0 Å². The van der Waals surface area contributed by atoms with Crippen LogP contribution in [0.15, 0.2) is 24.3 Å². The van der Waals surface area contributed by atoms with Crippen LogP contribution in [-0.4, -0.2) is 18.1 Å². The molecule has 1 aromatic rings. The van der Waals surface area contributed by atoms with Crippen LogP contribution in [0.25, 0.3) is 0 Å². The van der Waals surface area contributed by atoms with Crippen molar-refractivity contribution in [2.24, 2.45) is 5.73 Å². The molecule has 4 amide bonds. The maximum atomic E-state index is 11.6. The molecule has 0 spiro atoms. The molecule has 0 radical (unpaired) electrons. The molecule has 0 aromatic heterocycles. The molecule has 0 heterocycles. The Labute approximate surface area is 111 Å². The Morgan fingerprint density at radius 2 is 1.89 bits per heavy atom. The number of primary amides is 1.